The van der Waals surface area contributed by atoms with Crippen molar-refractivity contribution in [3.63, 3.8) is 0 Å². The second-order valence-corrected chi connectivity index (χ2v) is 3.94. The fourth-order valence-electron chi connectivity index (χ4n) is 1.93. The van der Waals surface area contributed by atoms with E-state index in [2.05, 4.69) is 15.3 Å². The van der Waals surface area contributed by atoms with Crippen LogP contribution in [0.15, 0.2) is 18.6 Å². The molecular formula is C11H14N4O2. The molecule has 2 amide bonds. The van der Waals surface area contributed by atoms with Gasteiger partial charge < -0.3 is 10.2 Å². The highest BCUT2D eigenvalue weighted by Crippen LogP contribution is 2.17. The number of hydrogen-bond acceptors (Lipinski definition) is 4. The summed E-state index contributed by atoms with van der Waals surface area (Å²) in [5.74, 6) is -0.287. The molecule has 90 valence electrons. The average molecular weight is 234 g/mol. The molecule has 1 aromatic heterocycles. The van der Waals surface area contributed by atoms with Gasteiger partial charge in [0.2, 0.25) is 5.91 Å². The van der Waals surface area contributed by atoms with Crippen LogP contribution in [0.5, 0.6) is 0 Å². The Morgan fingerprint density at radius 2 is 2.29 bits per heavy atom. The molecule has 6 heteroatoms. The highest BCUT2D eigenvalue weighted by molar-refractivity contribution is 5.92. The standard InChI is InChI=1S/C11H14N4O2/c1-12-10(16)8-2-5-15(7-8)11(17)9-6-13-3-4-14-9/h3-4,6,8H,2,5,7H2,1H3,(H,12,16). The molecule has 1 atom stereocenters. The van der Waals surface area contributed by atoms with Gasteiger partial charge in [0, 0.05) is 32.5 Å². The number of carbonyl (C=O) groups excluding carboxylic acids is 2. The number of aromatic nitrogens is 2. The van der Waals surface area contributed by atoms with Crippen molar-refractivity contribution >= 4 is 11.8 Å². The Bertz CT molecular complexity index is 421. The van der Waals surface area contributed by atoms with E-state index in [4.69, 9.17) is 0 Å². The zero-order valence-corrected chi connectivity index (χ0v) is 9.59. The molecule has 1 aromatic rings. The predicted molar refractivity (Wildman–Crippen MR) is 60.1 cm³/mol. The molecule has 1 aliphatic rings. The summed E-state index contributed by atoms with van der Waals surface area (Å²) in [5.41, 5.74) is 0.324. The van der Waals surface area contributed by atoms with E-state index in [0.717, 1.165) is 0 Å². The van der Waals surface area contributed by atoms with Crippen molar-refractivity contribution in [1.82, 2.24) is 20.2 Å². The van der Waals surface area contributed by atoms with E-state index in [1.54, 1.807) is 11.9 Å². The van der Waals surface area contributed by atoms with Crippen LogP contribution in [-0.4, -0.2) is 46.8 Å². The molecule has 2 heterocycles. The van der Waals surface area contributed by atoms with Gasteiger partial charge in [-0.15, -0.1) is 0 Å². The monoisotopic (exact) mass is 234 g/mol. The number of carbonyl (C=O) groups is 2. The topological polar surface area (TPSA) is 75.2 Å². The summed E-state index contributed by atoms with van der Waals surface area (Å²) in [4.78, 5) is 32.9. The van der Waals surface area contributed by atoms with Gasteiger partial charge >= 0.3 is 0 Å². The number of hydrogen-bond donors (Lipinski definition) is 1. The van der Waals surface area contributed by atoms with Crippen LogP contribution in [0, 0.1) is 5.92 Å². The molecule has 17 heavy (non-hydrogen) atoms. The van der Waals surface area contributed by atoms with Crippen LogP contribution in [0.2, 0.25) is 0 Å². The summed E-state index contributed by atoms with van der Waals surface area (Å²) in [7, 11) is 1.61. The summed E-state index contributed by atoms with van der Waals surface area (Å²) in [5, 5.41) is 2.60. The third kappa shape index (κ3) is 2.41. The van der Waals surface area contributed by atoms with E-state index in [-0.39, 0.29) is 17.7 Å². The number of rotatable bonds is 2. The summed E-state index contributed by atoms with van der Waals surface area (Å²) in [6.07, 6.45) is 5.15. The molecule has 1 N–H and O–H groups in total. The van der Waals surface area contributed by atoms with Gasteiger partial charge in [0.05, 0.1) is 12.1 Å². The molecule has 2 rings (SSSR count). The van der Waals surface area contributed by atoms with Crippen LogP contribution >= 0.6 is 0 Å². The lowest BCUT2D eigenvalue weighted by Gasteiger charge is -2.15. The molecular weight excluding hydrogens is 220 g/mol. The van der Waals surface area contributed by atoms with Gasteiger partial charge in [0.1, 0.15) is 5.69 Å². The normalized spacial score (nSPS) is 19.1. The van der Waals surface area contributed by atoms with E-state index in [1.807, 2.05) is 0 Å². The van der Waals surface area contributed by atoms with E-state index >= 15 is 0 Å². The number of nitrogens with zero attached hydrogens (tertiary/aromatic N) is 3. The first-order valence-electron chi connectivity index (χ1n) is 5.49. The largest absolute Gasteiger partial charge is 0.359 e. The molecule has 0 aliphatic carbocycles. The van der Waals surface area contributed by atoms with Crippen molar-refractivity contribution in [1.29, 1.82) is 0 Å². The Kier molecular flexibility index (Phi) is 3.32. The van der Waals surface area contributed by atoms with Gasteiger partial charge in [-0.3, -0.25) is 14.6 Å². The second kappa shape index (κ2) is 4.90. The second-order valence-electron chi connectivity index (χ2n) is 3.94. The van der Waals surface area contributed by atoms with Gasteiger partial charge in [-0.1, -0.05) is 0 Å². The van der Waals surface area contributed by atoms with Crippen LogP contribution < -0.4 is 5.32 Å². The van der Waals surface area contributed by atoms with E-state index in [0.29, 0.717) is 25.2 Å². The molecule has 1 saturated heterocycles. The third-order valence-electron chi connectivity index (χ3n) is 2.87. The molecule has 1 aliphatic heterocycles. The highest BCUT2D eigenvalue weighted by atomic mass is 16.2. The lowest BCUT2D eigenvalue weighted by atomic mass is 10.1. The van der Waals surface area contributed by atoms with Gasteiger partial charge in [0.25, 0.3) is 5.91 Å². The van der Waals surface area contributed by atoms with Crippen molar-refractivity contribution < 1.29 is 9.59 Å². The lowest BCUT2D eigenvalue weighted by Crippen LogP contribution is -2.33. The minimum Gasteiger partial charge on any atom is -0.359 e. The lowest BCUT2D eigenvalue weighted by molar-refractivity contribution is -0.124. The first-order valence-corrected chi connectivity index (χ1v) is 5.49. The maximum Gasteiger partial charge on any atom is 0.274 e. The highest BCUT2D eigenvalue weighted by Gasteiger charge is 2.31. The van der Waals surface area contributed by atoms with Crippen LogP contribution in [0.25, 0.3) is 0 Å². The Morgan fingerprint density at radius 3 is 2.94 bits per heavy atom. The minimum absolute atomic E-state index is 0.0144. The van der Waals surface area contributed by atoms with Crippen molar-refractivity contribution in [3.8, 4) is 0 Å². The first-order chi connectivity index (χ1) is 8.22. The Hall–Kier alpha value is -1.98. The zero-order chi connectivity index (χ0) is 12.3. The third-order valence-corrected chi connectivity index (χ3v) is 2.87. The summed E-state index contributed by atoms with van der Waals surface area (Å²) < 4.78 is 0. The molecule has 0 radical (unpaired) electrons. The van der Waals surface area contributed by atoms with Crippen molar-refractivity contribution in [2.24, 2.45) is 5.92 Å². The van der Waals surface area contributed by atoms with Crippen LogP contribution in [0.3, 0.4) is 0 Å². The molecule has 0 aromatic carbocycles. The van der Waals surface area contributed by atoms with Crippen molar-refractivity contribution in [2.45, 2.75) is 6.42 Å². The molecule has 0 bridgehead atoms. The van der Waals surface area contributed by atoms with Crippen LogP contribution in [0.1, 0.15) is 16.9 Å². The van der Waals surface area contributed by atoms with E-state index < -0.39 is 0 Å². The Morgan fingerprint density at radius 1 is 1.47 bits per heavy atom. The van der Waals surface area contributed by atoms with Crippen molar-refractivity contribution in [3.05, 3.63) is 24.3 Å². The Labute approximate surface area is 99.1 Å². The Balaban J connectivity index is 2.02. The van der Waals surface area contributed by atoms with E-state index in [9.17, 15) is 9.59 Å². The molecule has 1 fully saturated rings. The fraction of sp³-hybridized carbons (Fsp3) is 0.455. The molecule has 6 nitrogen and oxygen atoms in total. The number of likely N-dealkylation sites (tertiary alicyclic amines) is 1. The maximum atomic E-state index is 12.0. The predicted octanol–water partition coefficient (Wildman–Crippen LogP) is -0.315. The van der Waals surface area contributed by atoms with Crippen molar-refractivity contribution in [2.75, 3.05) is 20.1 Å². The SMILES string of the molecule is CNC(=O)C1CCN(C(=O)c2cnccn2)C1. The number of amides is 2. The van der Waals surface area contributed by atoms with Gasteiger partial charge in [-0.2, -0.15) is 0 Å². The molecule has 0 spiro atoms. The van der Waals surface area contributed by atoms with Gasteiger partial charge in [-0.25, -0.2) is 4.98 Å². The summed E-state index contributed by atoms with van der Waals surface area (Å²) in [6.45, 7) is 1.04. The smallest absolute Gasteiger partial charge is 0.274 e. The minimum atomic E-state index is -0.162. The quantitative estimate of drug-likeness (QED) is 0.761. The fourth-order valence-corrected chi connectivity index (χ4v) is 1.93. The summed E-state index contributed by atoms with van der Waals surface area (Å²) >= 11 is 0. The average Bonchev–Trinajstić information content (AvgIpc) is 2.87. The van der Waals surface area contributed by atoms with E-state index in [1.165, 1.54) is 18.6 Å². The summed E-state index contributed by atoms with van der Waals surface area (Å²) in [6, 6.07) is 0. The van der Waals surface area contributed by atoms with Crippen LogP contribution in [0.4, 0.5) is 0 Å². The van der Waals surface area contributed by atoms with Crippen LogP contribution in [-0.2, 0) is 4.79 Å². The number of nitrogens with one attached hydrogen (secondary N) is 1. The first kappa shape index (κ1) is 11.5. The molecule has 1 unspecified atom stereocenters. The zero-order valence-electron chi connectivity index (χ0n) is 9.59. The van der Waals surface area contributed by atoms with Gasteiger partial charge in [0.15, 0.2) is 0 Å². The van der Waals surface area contributed by atoms with Gasteiger partial charge in [-0.05, 0) is 6.42 Å². The maximum absolute atomic E-state index is 12.0. The molecule has 0 saturated carbocycles.